The molecule has 0 radical (unpaired) electrons. The summed E-state index contributed by atoms with van der Waals surface area (Å²) in [5, 5.41) is 3.67. The van der Waals surface area contributed by atoms with E-state index in [9.17, 15) is 8.42 Å². The van der Waals surface area contributed by atoms with Crippen molar-refractivity contribution in [2.75, 3.05) is 20.1 Å². The molecule has 0 bridgehead atoms. The summed E-state index contributed by atoms with van der Waals surface area (Å²) in [7, 11) is -1.31. The third-order valence-corrected chi connectivity index (χ3v) is 5.83. The lowest BCUT2D eigenvalue weighted by Gasteiger charge is -2.39. The number of hydrogen-bond donors (Lipinski definition) is 1. The summed E-state index contributed by atoms with van der Waals surface area (Å²) < 4.78 is 32.0. The van der Waals surface area contributed by atoms with E-state index in [1.807, 2.05) is 18.2 Å². The second kappa shape index (κ2) is 7.46. The lowest BCUT2D eigenvalue weighted by Crippen LogP contribution is -2.42. The Labute approximate surface area is 142 Å². The zero-order chi connectivity index (χ0) is 17.0. The first-order valence-electron chi connectivity index (χ1n) is 8.17. The monoisotopic (exact) mass is 349 g/mol. The van der Waals surface area contributed by atoms with Gasteiger partial charge in [-0.25, -0.2) is 13.1 Å². The van der Waals surface area contributed by atoms with E-state index in [2.05, 4.69) is 34.0 Å². The summed E-state index contributed by atoms with van der Waals surface area (Å²) in [6, 6.07) is 12.1. The van der Waals surface area contributed by atoms with Gasteiger partial charge in [0.1, 0.15) is 12.0 Å². The number of hydrogen-bond acceptors (Lipinski definition) is 5. The molecule has 0 amide bonds. The molecule has 1 aromatic carbocycles. The molecule has 1 saturated heterocycles. The number of rotatable bonds is 6. The van der Waals surface area contributed by atoms with Crippen LogP contribution in [-0.4, -0.2) is 38.6 Å². The Bertz CT molecular complexity index is 732. The molecule has 1 aliphatic rings. The molecule has 6 nitrogen and oxygen atoms in total. The van der Waals surface area contributed by atoms with Gasteiger partial charge in [0, 0.05) is 18.7 Å². The molecular formula is C17H23N3O3S. The van der Waals surface area contributed by atoms with Gasteiger partial charge in [-0.3, -0.25) is 4.90 Å². The maximum atomic E-state index is 12.3. The fourth-order valence-corrected chi connectivity index (χ4v) is 4.55. The Balaban J connectivity index is 1.68. The molecule has 2 aromatic rings. The molecule has 3 rings (SSSR count). The van der Waals surface area contributed by atoms with E-state index in [0.717, 1.165) is 19.4 Å². The van der Waals surface area contributed by atoms with Crippen molar-refractivity contribution in [1.82, 2.24) is 14.8 Å². The van der Waals surface area contributed by atoms with E-state index >= 15 is 0 Å². The van der Waals surface area contributed by atoms with E-state index in [-0.39, 0.29) is 17.7 Å². The molecule has 2 heterocycles. The van der Waals surface area contributed by atoms with Crippen molar-refractivity contribution in [3.05, 3.63) is 53.9 Å². The predicted octanol–water partition coefficient (Wildman–Crippen LogP) is 2.18. The van der Waals surface area contributed by atoms with Crippen LogP contribution in [0.25, 0.3) is 0 Å². The highest BCUT2D eigenvalue weighted by molar-refractivity contribution is 7.88. The summed E-state index contributed by atoms with van der Waals surface area (Å²) in [5.41, 5.74) is 1.66. The topological polar surface area (TPSA) is 75.4 Å². The molecule has 1 aliphatic heterocycles. The fraction of sp³-hybridized carbons (Fsp3) is 0.471. The van der Waals surface area contributed by atoms with Crippen molar-refractivity contribution in [2.24, 2.45) is 5.92 Å². The van der Waals surface area contributed by atoms with Gasteiger partial charge in [-0.05, 0) is 37.9 Å². The highest BCUT2D eigenvalue weighted by atomic mass is 32.2. The van der Waals surface area contributed by atoms with Gasteiger partial charge < -0.3 is 4.52 Å². The highest BCUT2D eigenvalue weighted by Crippen LogP contribution is 2.34. The molecule has 1 fully saturated rings. The van der Waals surface area contributed by atoms with Crippen molar-refractivity contribution in [3.8, 4) is 0 Å². The molecule has 24 heavy (non-hydrogen) atoms. The van der Waals surface area contributed by atoms with Gasteiger partial charge in [-0.2, -0.15) is 0 Å². The van der Waals surface area contributed by atoms with E-state index < -0.39 is 10.0 Å². The smallest absolute Gasteiger partial charge is 0.217 e. The number of aromatic nitrogens is 1. The Morgan fingerprint density at radius 3 is 2.79 bits per heavy atom. The first-order valence-corrected chi connectivity index (χ1v) is 9.82. The summed E-state index contributed by atoms with van der Waals surface area (Å²) in [5.74, 6) is 0.0976. The summed E-state index contributed by atoms with van der Waals surface area (Å²) in [4.78, 5) is 2.31. The predicted molar refractivity (Wildman–Crippen MR) is 91.7 cm³/mol. The summed E-state index contributed by atoms with van der Waals surface area (Å²) in [6.07, 6.45) is 3.47. The zero-order valence-corrected chi connectivity index (χ0v) is 14.6. The molecule has 0 spiro atoms. The molecule has 0 aliphatic carbocycles. The second-order valence-electron chi connectivity index (χ2n) is 6.34. The molecule has 0 unspecified atom stereocenters. The molecule has 7 heteroatoms. The van der Waals surface area contributed by atoms with Crippen LogP contribution in [0.2, 0.25) is 0 Å². The van der Waals surface area contributed by atoms with Crippen molar-refractivity contribution in [2.45, 2.75) is 24.6 Å². The second-order valence-corrected chi connectivity index (χ2v) is 8.14. The van der Waals surface area contributed by atoms with Crippen LogP contribution in [0.4, 0.5) is 0 Å². The molecule has 0 saturated carbocycles. The van der Waals surface area contributed by atoms with Gasteiger partial charge in [-0.1, -0.05) is 35.5 Å². The fourth-order valence-electron chi connectivity index (χ4n) is 3.44. The van der Waals surface area contributed by atoms with Gasteiger partial charge in [0.15, 0.2) is 0 Å². The third kappa shape index (κ3) is 4.23. The minimum atomic E-state index is -3.42. The molecule has 1 N–H and O–H groups in total. The van der Waals surface area contributed by atoms with Crippen LogP contribution in [0.3, 0.4) is 0 Å². The molecular weight excluding hydrogens is 326 g/mol. The maximum Gasteiger partial charge on any atom is 0.217 e. The van der Waals surface area contributed by atoms with Crippen molar-refractivity contribution >= 4 is 10.0 Å². The molecule has 1 aromatic heterocycles. The van der Waals surface area contributed by atoms with Crippen LogP contribution >= 0.6 is 0 Å². The SMILES string of the molecule is CN1CCC[C@H](CNS(=O)(=O)Cc2ccon2)[C@@H]1c1ccccc1. The average Bonchev–Trinajstić information content (AvgIpc) is 3.06. The van der Waals surface area contributed by atoms with E-state index in [1.54, 1.807) is 6.07 Å². The number of piperidine rings is 1. The number of likely N-dealkylation sites (tertiary alicyclic amines) is 1. The minimum absolute atomic E-state index is 0.151. The third-order valence-electron chi connectivity index (χ3n) is 4.54. The quantitative estimate of drug-likeness (QED) is 0.865. The Kier molecular flexibility index (Phi) is 5.33. The van der Waals surface area contributed by atoms with Crippen molar-refractivity contribution in [1.29, 1.82) is 0 Å². The van der Waals surface area contributed by atoms with Gasteiger partial charge in [0.2, 0.25) is 10.0 Å². The molecule has 2 atom stereocenters. The number of nitrogens with zero attached hydrogens (tertiary/aromatic N) is 2. The van der Waals surface area contributed by atoms with E-state index in [4.69, 9.17) is 4.52 Å². The van der Waals surface area contributed by atoms with Crippen LogP contribution in [0, 0.1) is 5.92 Å². The largest absolute Gasteiger partial charge is 0.364 e. The lowest BCUT2D eigenvalue weighted by molar-refractivity contribution is 0.123. The molecule has 130 valence electrons. The Morgan fingerprint density at radius 2 is 2.08 bits per heavy atom. The highest BCUT2D eigenvalue weighted by Gasteiger charge is 2.31. The minimum Gasteiger partial charge on any atom is -0.364 e. The number of nitrogens with one attached hydrogen (secondary N) is 1. The van der Waals surface area contributed by atoms with Crippen LogP contribution in [0.5, 0.6) is 0 Å². The maximum absolute atomic E-state index is 12.3. The van der Waals surface area contributed by atoms with Crippen molar-refractivity contribution < 1.29 is 12.9 Å². The summed E-state index contributed by atoms with van der Waals surface area (Å²) in [6.45, 7) is 1.46. The van der Waals surface area contributed by atoms with Gasteiger partial charge in [-0.15, -0.1) is 0 Å². The van der Waals surface area contributed by atoms with Crippen LogP contribution in [0.1, 0.15) is 30.1 Å². The van der Waals surface area contributed by atoms with E-state index in [0.29, 0.717) is 12.2 Å². The number of sulfonamides is 1. The Morgan fingerprint density at radius 1 is 1.29 bits per heavy atom. The first kappa shape index (κ1) is 17.1. The van der Waals surface area contributed by atoms with Gasteiger partial charge >= 0.3 is 0 Å². The standard InChI is InChI=1S/C17H23N3O3S/c1-20-10-5-8-15(17(20)14-6-3-2-4-7-14)12-18-24(21,22)13-16-9-11-23-19-16/h2-4,6-7,9,11,15,17-18H,5,8,10,12-13H2,1H3/t15-,17+/m1/s1. The number of benzene rings is 1. The van der Waals surface area contributed by atoms with Crippen molar-refractivity contribution in [3.63, 3.8) is 0 Å². The lowest BCUT2D eigenvalue weighted by atomic mass is 9.85. The Hall–Kier alpha value is -1.70. The van der Waals surface area contributed by atoms with Gasteiger partial charge in [0.25, 0.3) is 0 Å². The van der Waals surface area contributed by atoms with E-state index in [1.165, 1.54) is 11.8 Å². The van der Waals surface area contributed by atoms with Gasteiger partial charge in [0.05, 0.1) is 5.69 Å². The average molecular weight is 349 g/mol. The van der Waals surface area contributed by atoms with Crippen LogP contribution in [-0.2, 0) is 15.8 Å². The first-order chi connectivity index (χ1) is 11.6. The van der Waals surface area contributed by atoms with Crippen LogP contribution < -0.4 is 4.72 Å². The zero-order valence-electron chi connectivity index (χ0n) is 13.8. The summed E-state index contributed by atoms with van der Waals surface area (Å²) >= 11 is 0. The van der Waals surface area contributed by atoms with Crippen LogP contribution in [0.15, 0.2) is 47.2 Å². The normalized spacial score (nSPS) is 22.5.